The maximum atomic E-state index is 12.0. The van der Waals surface area contributed by atoms with Crippen LogP contribution in [0.3, 0.4) is 0 Å². The molecule has 1 fully saturated rings. The zero-order valence-corrected chi connectivity index (χ0v) is 11.5. The molecule has 0 aliphatic carbocycles. The van der Waals surface area contributed by atoms with E-state index in [2.05, 4.69) is 15.1 Å². The lowest BCUT2D eigenvalue weighted by Gasteiger charge is -2.36. The molecule has 0 aromatic carbocycles. The van der Waals surface area contributed by atoms with Crippen LogP contribution in [0.2, 0.25) is 0 Å². The number of aromatic nitrogens is 3. The number of hydrogen-bond acceptors (Lipinski definition) is 6. The summed E-state index contributed by atoms with van der Waals surface area (Å²) in [5, 5.41) is 3.96. The molecular weight excluding hydrogens is 284 g/mol. The third-order valence-corrected chi connectivity index (χ3v) is 3.61. The lowest BCUT2D eigenvalue weighted by atomic mass is 10.00. The zero-order chi connectivity index (χ0) is 14.9. The summed E-state index contributed by atoms with van der Waals surface area (Å²) < 4.78 is 10.4. The van der Waals surface area contributed by atoms with E-state index in [0.717, 1.165) is 5.56 Å². The van der Waals surface area contributed by atoms with Crippen LogP contribution in [0.1, 0.15) is 22.4 Å². The molecule has 1 aliphatic heterocycles. The topological polar surface area (TPSA) is 85.3 Å². The first-order valence-electron chi connectivity index (χ1n) is 6.88. The molecule has 1 aliphatic rings. The molecule has 1 saturated heterocycles. The van der Waals surface area contributed by atoms with Crippen LogP contribution in [0.5, 0.6) is 0 Å². The van der Waals surface area contributed by atoms with Gasteiger partial charge in [-0.2, -0.15) is 4.98 Å². The Hall–Kier alpha value is -2.96. The van der Waals surface area contributed by atoms with Crippen LogP contribution in [0, 0.1) is 0 Å². The van der Waals surface area contributed by atoms with Gasteiger partial charge < -0.3 is 13.8 Å². The fourth-order valence-corrected chi connectivity index (χ4v) is 2.37. The van der Waals surface area contributed by atoms with Gasteiger partial charge in [-0.05, 0) is 24.3 Å². The lowest BCUT2D eigenvalue weighted by Crippen LogP contribution is -2.48. The van der Waals surface area contributed by atoms with Gasteiger partial charge >= 0.3 is 0 Å². The largest absolute Gasteiger partial charge is 0.459 e. The van der Waals surface area contributed by atoms with Crippen molar-refractivity contribution in [1.29, 1.82) is 0 Å². The van der Waals surface area contributed by atoms with E-state index in [9.17, 15) is 4.79 Å². The van der Waals surface area contributed by atoms with Gasteiger partial charge in [0.25, 0.3) is 5.91 Å². The molecule has 0 spiro atoms. The van der Waals surface area contributed by atoms with E-state index in [1.807, 2.05) is 12.1 Å². The van der Waals surface area contributed by atoms with Gasteiger partial charge in [-0.25, -0.2) is 0 Å². The summed E-state index contributed by atoms with van der Waals surface area (Å²) in [6.07, 6.45) is 4.86. The van der Waals surface area contributed by atoms with Crippen molar-refractivity contribution >= 4 is 5.91 Å². The number of furan rings is 1. The van der Waals surface area contributed by atoms with Crippen molar-refractivity contribution in [3.8, 4) is 11.4 Å². The van der Waals surface area contributed by atoms with Crippen LogP contribution in [-0.2, 0) is 0 Å². The number of pyridine rings is 1. The van der Waals surface area contributed by atoms with Crippen molar-refractivity contribution in [2.24, 2.45) is 0 Å². The Labute approximate surface area is 125 Å². The Kier molecular flexibility index (Phi) is 2.96. The SMILES string of the molecule is O=C(c1ccco1)N1CC(c2nc(-c3cccnc3)no2)C1. The van der Waals surface area contributed by atoms with E-state index in [1.54, 1.807) is 29.4 Å². The van der Waals surface area contributed by atoms with Crippen LogP contribution >= 0.6 is 0 Å². The van der Waals surface area contributed by atoms with Gasteiger partial charge in [-0.1, -0.05) is 5.16 Å². The van der Waals surface area contributed by atoms with Crippen LogP contribution in [0.15, 0.2) is 51.9 Å². The third-order valence-electron chi connectivity index (χ3n) is 3.61. The molecule has 7 nitrogen and oxygen atoms in total. The predicted molar refractivity (Wildman–Crippen MR) is 74.9 cm³/mol. The second-order valence-electron chi connectivity index (χ2n) is 5.08. The van der Waals surface area contributed by atoms with Crippen molar-refractivity contribution in [2.75, 3.05) is 13.1 Å². The summed E-state index contributed by atoms with van der Waals surface area (Å²) in [7, 11) is 0. The molecule has 0 atom stereocenters. The van der Waals surface area contributed by atoms with E-state index in [0.29, 0.717) is 30.6 Å². The molecule has 1 amide bonds. The molecule has 0 unspecified atom stereocenters. The van der Waals surface area contributed by atoms with Crippen LogP contribution in [0.4, 0.5) is 0 Å². The standard InChI is InChI=1S/C15H12N4O3/c20-15(12-4-2-6-21-12)19-8-11(9-19)14-17-13(18-22-14)10-3-1-5-16-7-10/h1-7,11H,8-9H2. The first kappa shape index (κ1) is 12.8. The minimum absolute atomic E-state index is 0.0665. The Morgan fingerprint density at radius 3 is 2.91 bits per heavy atom. The monoisotopic (exact) mass is 296 g/mol. The molecule has 4 rings (SSSR count). The quantitative estimate of drug-likeness (QED) is 0.734. The second-order valence-corrected chi connectivity index (χ2v) is 5.08. The van der Waals surface area contributed by atoms with Gasteiger partial charge in [0.1, 0.15) is 0 Å². The minimum Gasteiger partial charge on any atom is -0.459 e. The van der Waals surface area contributed by atoms with E-state index >= 15 is 0 Å². The second kappa shape index (κ2) is 5.10. The van der Waals surface area contributed by atoms with Crippen molar-refractivity contribution in [2.45, 2.75) is 5.92 Å². The highest BCUT2D eigenvalue weighted by Gasteiger charge is 2.36. The normalized spacial score (nSPS) is 14.8. The first-order valence-corrected chi connectivity index (χ1v) is 6.88. The molecule has 3 aromatic heterocycles. The van der Waals surface area contributed by atoms with Gasteiger partial charge in [0.2, 0.25) is 11.7 Å². The van der Waals surface area contributed by atoms with Crippen LogP contribution in [-0.4, -0.2) is 39.0 Å². The Morgan fingerprint density at radius 1 is 1.27 bits per heavy atom. The molecule has 3 aromatic rings. The zero-order valence-electron chi connectivity index (χ0n) is 11.5. The number of hydrogen-bond donors (Lipinski definition) is 0. The average Bonchev–Trinajstić information content (AvgIpc) is 3.18. The third kappa shape index (κ3) is 2.16. The van der Waals surface area contributed by atoms with Gasteiger partial charge in [0.05, 0.1) is 12.2 Å². The van der Waals surface area contributed by atoms with Crippen LogP contribution in [0.25, 0.3) is 11.4 Å². The maximum absolute atomic E-state index is 12.0. The average molecular weight is 296 g/mol. The van der Waals surface area contributed by atoms with E-state index in [-0.39, 0.29) is 11.8 Å². The lowest BCUT2D eigenvalue weighted by molar-refractivity contribution is 0.0537. The molecule has 0 bridgehead atoms. The van der Waals surface area contributed by atoms with Crippen molar-refractivity contribution in [1.82, 2.24) is 20.0 Å². The highest BCUT2D eigenvalue weighted by molar-refractivity contribution is 5.92. The van der Waals surface area contributed by atoms with Gasteiger partial charge in [0, 0.05) is 31.0 Å². The molecule has 110 valence electrons. The molecule has 22 heavy (non-hydrogen) atoms. The van der Waals surface area contributed by atoms with Gasteiger partial charge in [-0.3, -0.25) is 9.78 Å². The number of likely N-dealkylation sites (tertiary alicyclic amines) is 1. The summed E-state index contributed by atoms with van der Waals surface area (Å²) in [6.45, 7) is 1.10. The number of amides is 1. The van der Waals surface area contributed by atoms with Crippen molar-refractivity contribution < 1.29 is 13.7 Å². The fourth-order valence-electron chi connectivity index (χ4n) is 2.37. The first-order chi connectivity index (χ1) is 10.8. The molecule has 4 heterocycles. The van der Waals surface area contributed by atoms with E-state index < -0.39 is 0 Å². The van der Waals surface area contributed by atoms with E-state index in [1.165, 1.54) is 6.26 Å². The number of carbonyl (C=O) groups is 1. The summed E-state index contributed by atoms with van der Waals surface area (Å²) in [5.74, 6) is 1.35. The number of carbonyl (C=O) groups excluding carboxylic acids is 1. The molecule has 0 saturated carbocycles. The molecule has 0 N–H and O–H groups in total. The Balaban J connectivity index is 1.43. The van der Waals surface area contributed by atoms with Crippen molar-refractivity contribution in [3.05, 3.63) is 54.6 Å². The summed E-state index contributed by atoms with van der Waals surface area (Å²) >= 11 is 0. The smallest absolute Gasteiger partial charge is 0.289 e. The van der Waals surface area contributed by atoms with Crippen LogP contribution < -0.4 is 0 Å². The predicted octanol–water partition coefficient (Wildman–Crippen LogP) is 1.96. The maximum Gasteiger partial charge on any atom is 0.289 e. The van der Waals surface area contributed by atoms with Gasteiger partial charge in [-0.15, -0.1) is 0 Å². The number of rotatable bonds is 3. The van der Waals surface area contributed by atoms with Crippen molar-refractivity contribution in [3.63, 3.8) is 0 Å². The molecule has 7 heteroatoms. The summed E-state index contributed by atoms with van der Waals surface area (Å²) in [4.78, 5) is 22.1. The highest BCUT2D eigenvalue weighted by Crippen LogP contribution is 2.28. The summed E-state index contributed by atoms with van der Waals surface area (Å²) in [5.41, 5.74) is 0.806. The number of nitrogens with zero attached hydrogens (tertiary/aromatic N) is 4. The highest BCUT2D eigenvalue weighted by atomic mass is 16.5. The Morgan fingerprint density at radius 2 is 2.18 bits per heavy atom. The molecule has 0 radical (unpaired) electrons. The Bertz CT molecular complexity index is 776. The fraction of sp³-hybridized carbons (Fsp3) is 0.200. The minimum atomic E-state index is -0.117. The molecular formula is C15H12N4O3. The van der Waals surface area contributed by atoms with Gasteiger partial charge in [0.15, 0.2) is 5.76 Å². The van der Waals surface area contributed by atoms with E-state index in [4.69, 9.17) is 8.94 Å². The summed E-state index contributed by atoms with van der Waals surface area (Å²) in [6, 6.07) is 7.04.